The van der Waals surface area contributed by atoms with Crippen LogP contribution in [0.1, 0.15) is 35.1 Å². The highest BCUT2D eigenvalue weighted by molar-refractivity contribution is 5.40. The molecule has 1 aliphatic carbocycles. The van der Waals surface area contributed by atoms with E-state index in [9.17, 15) is 13.2 Å². The van der Waals surface area contributed by atoms with Gasteiger partial charge >= 0.3 is 0 Å². The second-order valence-electron chi connectivity index (χ2n) is 5.35. The first kappa shape index (κ1) is 14.1. The van der Waals surface area contributed by atoms with Crippen LogP contribution in [-0.4, -0.2) is 0 Å². The van der Waals surface area contributed by atoms with Crippen LogP contribution < -0.4 is 11.3 Å². The molecule has 0 aliphatic heterocycles. The molecule has 0 saturated carbocycles. The third kappa shape index (κ3) is 2.54. The van der Waals surface area contributed by atoms with Crippen molar-refractivity contribution >= 4 is 0 Å². The lowest BCUT2D eigenvalue weighted by atomic mass is 9.74. The van der Waals surface area contributed by atoms with Crippen LogP contribution >= 0.6 is 0 Å². The molecule has 5 heteroatoms. The van der Waals surface area contributed by atoms with E-state index in [4.69, 9.17) is 5.84 Å². The van der Waals surface area contributed by atoms with Gasteiger partial charge in [0.15, 0.2) is 17.5 Å². The number of nitrogens with two attached hydrogens (primary N) is 1. The van der Waals surface area contributed by atoms with Crippen LogP contribution in [0.4, 0.5) is 13.2 Å². The maximum Gasteiger partial charge on any atom is 0.194 e. The molecule has 0 amide bonds. The number of halogens is 3. The van der Waals surface area contributed by atoms with Crippen LogP contribution in [0.15, 0.2) is 36.4 Å². The zero-order valence-electron chi connectivity index (χ0n) is 11.2. The highest BCUT2D eigenvalue weighted by atomic mass is 19.2. The quantitative estimate of drug-likeness (QED) is 0.515. The second kappa shape index (κ2) is 5.50. The molecule has 2 aromatic carbocycles. The van der Waals surface area contributed by atoms with E-state index in [1.807, 2.05) is 18.2 Å². The topological polar surface area (TPSA) is 38.0 Å². The van der Waals surface area contributed by atoms with Crippen molar-refractivity contribution in [1.29, 1.82) is 0 Å². The van der Waals surface area contributed by atoms with Crippen LogP contribution in [0.2, 0.25) is 0 Å². The fourth-order valence-corrected chi connectivity index (χ4v) is 2.93. The number of hydrazine groups is 1. The van der Waals surface area contributed by atoms with E-state index in [-0.39, 0.29) is 0 Å². The van der Waals surface area contributed by atoms with E-state index < -0.39 is 23.5 Å². The molecule has 3 N–H and O–H groups in total. The maximum absolute atomic E-state index is 13.3. The molecule has 21 heavy (non-hydrogen) atoms. The van der Waals surface area contributed by atoms with Crippen molar-refractivity contribution in [3.8, 4) is 0 Å². The Hall–Kier alpha value is -1.85. The summed E-state index contributed by atoms with van der Waals surface area (Å²) in [7, 11) is 0. The van der Waals surface area contributed by atoms with Crippen LogP contribution in [0.25, 0.3) is 0 Å². The molecule has 0 bridgehead atoms. The van der Waals surface area contributed by atoms with E-state index in [1.165, 1.54) is 11.1 Å². The monoisotopic (exact) mass is 292 g/mol. The van der Waals surface area contributed by atoms with Crippen LogP contribution in [0, 0.1) is 17.5 Å². The summed E-state index contributed by atoms with van der Waals surface area (Å²) in [5.41, 5.74) is 5.41. The molecule has 1 aliphatic rings. The predicted molar refractivity (Wildman–Crippen MR) is 73.9 cm³/mol. The molecule has 3 rings (SSSR count). The van der Waals surface area contributed by atoms with Gasteiger partial charge in [-0.1, -0.05) is 24.3 Å². The predicted octanol–water partition coefficient (Wildman–Crippen LogP) is 3.34. The third-order valence-electron chi connectivity index (χ3n) is 4.09. The van der Waals surface area contributed by atoms with Gasteiger partial charge in [0.25, 0.3) is 0 Å². The fraction of sp³-hybridized carbons (Fsp3) is 0.250. The number of fused-ring (bicyclic) bond motifs is 1. The van der Waals surface area contributed by atoms with Crippen LogP contribution in [0.3, 0.4) is 0 Å². The summed E-state index contributed by atoms with van der Waals surface area (Å²) in [6.45, 7) is 0. The van der Waals surface area contributed by atoms with Crippen LogP contribution in [0.5, 0.6) is 0 Å². The smallest absolute Gasteiger partial charge is 0.194 e. The van der Waals surface area contributed by atoms with Crippen molar-refractivity contribution in [3.63, 3.8) is 0 Å². The second-order valence-corrected chi connectivity index (χ2v) is 5.35. The molecule has 0 fully saturated rings. The number of rotatable bonds is 4. The summed E-state index contributed by atoms with van der Waals surface area (Å²) >= 11 is 0. The Labute approximate surface area is 120 Å². The number of hydrogen-bond donors (Lipinski definition) is 2. The Morgan fingerprint density at radius 3 is 2.43 bits per heavy atom. The minimum absolute atomic E-state index is 0.290. The lowest BCUT2D eigenvalue weighted by molar-refractivity contribution is 0.417. The van der Waals surface area contributed by atoms with Crippen molar-refractivity contribution in [3.05, 3.63) is 70.5 Å². The van der Waals surface area contributed by atoms with Crippen molar-refractivity contribution in [2.45, 2.75) is 24.8 Å². The summed E-state index contributed by atoms with van der Waals surface area (Å²) in [5, 5.41) is 0. The first-order valence-corrected chi connectivity index (χ1v) is 6.78. The first-order valence-electron chi connectivity index (χ1n) is 6.78. The van der Waals surface area contributed by atoms with Crippen molar-refractivity contribution < 1.29 is 13.2 Å². The van der Waals surface area contributed by atoms with Gasteiger partial charge in [-0.3, -0.25) is 11.3 Å². The Balaban J connectivity index is 1.81. The average Bonchev–Trinajstić information content (AvgIpc) is 2.45. The zero-order valence-corrected chi connectivity index (χ0v) is 11.2. The summed E-state index contributed by atoms with van der Waals surface area (Å²) in [6, 6.07) is 9.62. The summed E-state index contributed by atoms with van der Waals surface area (Å²) < 4.78 is 39.7. The molecule has 2 atom stereocenters. The van der Waals surface area contributed by atoms with Crippen LogP contribution in [-0.2, 0) is 6.42 Å². The molecule has 0 radical (unpaired) electrons. The Bertz CT molecular complexity index is 649. The highest BCUT2D eigenvalue weighted by Crippen LogP contribution is 2.40. The molecular formula is C16H15F3N2. The molecule has 0 saturated heterocycles. The van der Waals surface area contributed by atoms with Gasteiger partial charge < -0.3 is 0 Å². The van der Waals surface area contributed by atoms with Gasteiger partial charge in [0.05, 0.1) is 0 Å². The van der Waals surface area contributed by atoms with Gasteiger partial charge in [-0.15, -0.1) is 0 Å². The largest absolute Gasteiger partial charge is 0.271 e. The van der Waals surface area contributed by atoms with E-state index >= 15 is 0 Å². The normalized spacial score (nSPS) is 18.0. The Morgan fingerprint density at radius 1 is 1.14 bits per heavy atom. The van der Waals surface area contributed by atoms with Gasteiger partial charge in [-0.25, -0.2) is 13.2 Å². The molecule has 0 heterocycles. The molecular weight excluding hydrogens is 277 g/mol. The summed E-state index contributed by atoms with van der Waals surface area (Å²) in [4.78, 5) is 0. The van der Waals surface area contributed by atoms with Gasteiger partial charge in [-0.05, 0) is 47.6 Å². The minimum Gasteiger partial charge on any atom is -0.271 e. The molecule has 2 nitrogen and oxygen atoms in total. The molecule has 0 spiro atoms. The standard InChI is InChI=1S/C16H15F3N2/c17-13-6-11(7-14(18)16(13)19)15(21-20)8-10-5-9-3-1-2-4-12(9)10/h1-4,6-7,10,15,21H,5,8,20H2. The minimum atomic E-state index is -1.46. The molecule has 2 unspecified atom stereocenters. The third-order valence-corrected chi connectivity index (χ3v) is 4.09. The Morgan fingerprint density at radius 2 is 1.81 bits per heavy atom. The molecule has 2 aromatic rings. The molecule has 0 aromatic heterocycles. The van der Waals surface area contributed by atoms with E-state index in [1.54, 1.807) is 0 Å². The number of nitrogens with one attached hydrogen (secondary N) is 1. The number of hydrogen-bond acceptors (Lipinski definition) is 2. The van der Waals surface area contributed by atoms with Crippen molar-refractivity contribution in [1.82, 2.24) is 5.43 Å². The van der Waals surface area contributed by atoms with E-state index in [0.29, 0.717) is 17.9 Å². The average molecular weight is 292 g/mol. The van der Waals surface area contributed by atoms with Crippen molar-refractivity contribution in [2.75, 3.05) is 0 Å². The van der Waals surface area contributed by atoms with E-state index in [0.717, 1.165) is 18.6 Å². The molecule has 110 valence electrons. The maximum atomic E-state index is 13.3. The van der Waals surface area contributed by atoms with Gasteiger partial charge in [0, 0.05) is 6.04 Å². The lowest BCUT2D eigenvalue weighted by Gasteiger charge is -2.33. The number of benzene rings is 2. The zero-order chi connectivity index (χ0) is 15.0. The van der Waals surface area contributed by atoms with Gasteiger partial charge in [0.2, 0.25) is 0 Å². The lowest BCUT2D eigenvalue weighted by Crippen LogP contribution is -2.31. The SMILES string of the molecule is NNC(CC1Cc2ccccc21)c1cc(F)c(F)c(F)c1. The fourth-order valence-electron chi connectivity index (χ4n) is 2.93. The first-order chi connectivity index (χ1) is 10.1. The summed E-state index contributed by atoms with van der Waals surface area (Å²) in [6.07, 6.45) is 1.53. The van der Waals surface area contributed by atoms with Gasteiger partial charge in [0.1, 0.15) is 0 Å². The summed E-state index contributed by atoms with van der Waals surface area (Å²) in [5.74, 6) is 1.95. The highest BCUT2D eigenvalue weighted by Gasteiger charge is 2.29. The Kier molecular flexibility index (Phi) is 3.69. The van der Waals surface area contributed by atoms with E-state index in [2.05, 4.69) is 11.5 Å². The van der Waals surface area contributed by atoms with Gasteiger partial charge in [-0.2, -0.15) is 0 Å². The van der Waals surface area contributed by atoms with Crippen molar-refractivity contribution in [2.24, 2.45) is 5.84 Å².